The maximum atomic E-state index is 14.8. The number of hydrogen-bond acceptors (Lipinski definition) is 5. The summed E-state index contributed by atoms with van der Waals surface area (Å²) >= 11 is 0. The predicted molar refractivity (Wildman–Crippen MR) is 108 cm³/mol. The average Bonchev–Trinajstić information content (AvgIpc) is 2.95. The topological polar surface area (TPSA) is 98.0 Å². The van der Waals surface area contributed by atoms with E-state index in [1.54, 1.807) is 18.2 Å². The molecule has 8 heteroatoms. The first-order valence-electron chi connectivity index (χ1n) is 9.24. The van der Waals surface area contributed by atoms with Gasteiger partial charge in [0, 0.05) is 17.6 Å². The van der Waals surface area contributed by atoms with E-state index in [1.807, 2.05) is 34.9 Å². The lowest BCUT2D eigenvalue weighted by Crippen LogP contribution is -2.27. The zero-order valence-corrected chi connectivity index (χ0v) is 15.4. The summed E-state index contributed by atoms with van der Waals surface area (Å²) in [5, 5.41) is 4.35. The molecule has 7 nitrogen and oxygen atoms in total. The summed E-state index contributed by atoms with van der Waals surface area (Å²) in [6.45, 7) is 0.840. The highest BCUT2D eigenvalue weighted by Gasteiger charge is 2.29. The van der Waals surface area contributed by atoms with Gasteiger partial charge in [0.15, 0.2) is 0 Å². The fraction of sp³-hybridized carbons (Fsp3) is 0.143. The number of nitrogens with zero attached hydrogens (tertiary/aromatic N) is 2. The van der Waals surface area contributed by atoms with Gasteiger partial charge in [0.25, 0.3) is 0 Å². The molecule has 0 amide bonds. The van der Waals surface area contributed by atoms with Crippen LogP contribution in [0.3, 0.4) is 0 Å². The molecule has 0 fully saturated rings. The van der Waals surface area contributed by atoms with Crippen molar-refractivity contribution in [2.75, 3.05) is 18.9 Å². The molecular weight excluding hydrogens is 373 g/mol. The molecule has 0 saturated heterocycles. The van der Waals surface area contributed by atoms with Crippen LogP contribution in [0, 0.1) is 5.82 Å². The Balaban J connectivity index is 1.82. The van der Waals surface area contributed by atoms with Crippen molar-refractivity contribution < 1.29 is 9.13 Å². The first kappa shape index (κ1) is 17.4. The molecule has 1 atom stereocenters. The van der Waals surface area contributed by atoms with Crippen LogP contribution in [-0.2, 0) is 0 Å². The Hall–Kier alpha value is -3.65. The monoisotopic (exact) mass is 391 g/mol. The highest BCUT2D eigenvalue weighted by molar-refractivity contribution is 5.84. The van der Waals surface area contributed by atoms with E-state index >= 15 is 0 Å². The van der Waals surface area contributed by atoms with Crippen molar-refractivity contribution in [2.45, 2.75) is 6.04 Å². The number of para-hydroxylation sites is 2. The third-order valence-corrected chi connectivity index (χ3v) is 5.07. The molecule has 2 aromatic heterocycles. The Bertz CT molecular complexity index is 1280. The summed E-state index contributed by atoms with van der Waals surface area (Å²) < 4.78 is 22.3. The average molecular weight is 391 g/mol. The largest absolute Gasteiger partial charge is 0.476 e. The number of halogens is 1. The van der Waals surface area contributed by atoms with Crippen molar-refractivity contribution in [1.82, 2.24) is 19.9 Å². The fourth-order valence-electron chi connectivity index (χ4n) is 3.86. The second-order valence-corrected chi connectivity index (χ2v) is 6.82. The third kappa shape index (κ3) is 2.85. The number of fused-ring (bicyclic) bond motifs is 2. The number of rotatable bonds is 2. The van der Waals surface area contributed by atoms with Gasteiger partial charge in [-0.2, -0.15) is 4.98 Å². The van der Waals surface area contributed by atoms with Gasteiger partial charge in [-0.05, 0) is 24.3 Å². The molecule has 0 spiro atoms. The van der Waals surface area contributed by atoms with Crippen LogP contribution in [0.4, 0.5) is 10.2 Å². The Kier molecular flexibility index (Phi) is 4.06. The second kappa shape index (κ2) is 6.75. The zero-order valence-electron chi connectivity index (χ0n) is 15.4. The Morgan fingerprint density at radius 2 is 1.97 bits per heavy atom. The van der Waals surface area contributed by atoms with Gasteiger partial charge in [-0.3, -0.25) is 4.98 Å². The normalized spacial score (nSPS) is 16.2. The van der Waals surface area contributed by atoms with Gasteiger partial charge >= 0.3 is 5.69 Å². The molecule has 1 aliphatic rings. The van der Waals surface area contributed by atoms with Crippen molar-refractivity contribution in [3.05, 3.63) is 82.2 Å². The van der Waals surface area contributed by atoms with E-state index < -0.39 is 11.7 Å². The van der Waals surface area contributed by atoms with Crippen LogP contribution in [0.2, 0.25) is 0 Å². The van der Waals surface area contributed by atoms with E-state index in [-0.39, 0.29) is 17.5 Å². The number of nitrogens with two attached hydrogens (primary N) is 1. The fourth-order valence-corrected chi connectivity index (χ4v) is 3.86. The number of benzene rings is 2. The molecule has 0 saturated carbocycles. The summed E-state index contributed by atoms with van der Waals surface area (Å²) in [5.74, 6) is 0.0177. The number of nitrogen functional groups attached to an aromatic ring is 1. The minimum atomic E-state index is -0.573. The summed E-state index contributed by atoms with van der Waals surface area (Å²) in [4.78, 5) is 18.3. The molecule has 29 heavy (non-hydrogen) atoms. The van der Waals surface area contributed by atoms with Crippen LogP contribution in [0.25, 0.3) is 16.6 Å². The van der Waals surface area contributed by atoms with Gasteiger partial charge < -0.3 is 20.4 Å². The SMILES string of the molecule is Nc1[nH]c(=O)nc2c1C(c1cc3ccccc3n1-c1ccccc1F)NCCO2. The third-order valence-electron chi connectivity index (χ3n) is 5.07. The first-order chi connectivity index (χ1) is 14.1. The van der Waals surface area contributed by atoms with Gasteiger partial charge in [-0.25, -0.2) is 9.18 Å². The molecule has 4 aromatic rings. The number of anilines is 1. The van der Waals surface area contributed by atoms with Crippen LogP contribution in [-0.4, -0.2) is 27.7 Å². The van der Waals surface area contributed by atoms with Crippen molar-refractivity contribution in [3.63, 3.8) is 0 Å². The molecule has 3 heterocycles. The van der Waals surface area contributed by atoms with Gasteiger partial charge in [-0.1, -0.05) is 30.3 Å². The van der Waals surface area contributed by atoms with Crippen molar-refractivity contribution in [3.8, 4) is 11.6 Å². The van der Waals surface area contributed by atoms with Gasteiger partial charge in [0.05, 0.1) is 22.8 Å². The lowest BCUT2D eigenvalue weighted by atomic mass is 10.0. The number of nitrogens with one attached hydrogen (secondary N) is 2. The van der Waals surface area contributed by atoms with E-state index in [1.165, 1.54) is 6.07 Å². The van der Waals surface area contributed by atoms with Gasteiger partial charge in [0.2, 0.25) is 5.88 Å². The molecule has 1 unspecified atom stereocenters. The second-order valence-electron chi connectivity index (χ2n) is 6.82. The molecule has 5 rings (SSSR count). The van der Waals surface area contributed by atoms with Gasteiger partial charge in [0.1, 0.15) is 18.2 Å². The number of hydrogen-bond donors (Lipinski definition) is 3. The molecule has 2 aromatic carbocycles. The minimum absolute atomic E-state index is 0.171. The molecule has 1 aliphatic heterocycles. The lowest BCUT2D eigenvalue weighted by molar-refractivity contribution is 0.312. The van der Waals surface area contributed by atoms with Crippen LogP contribution in [0.5, 0.6) is 5.88 Å². The maximum Gasteiger partial charge on any atom is 0.349 e. The van der Waals surface area contributed by atoms with Crippen LogP contribution in [0.1, 0.15) is 17.3 Å². The Labute approximate surface area is 165 Å². The number of aromatic nitrogens is 3. The first-order valence-corrected chi connectivity index (χ1v) is 9.24. The lowest BCUT2D eigenvalue weighted by Gasteiger charge is -2.21. The standard InChI is InChI=1S/C21H18FN5O2/c22-13-6-2-4-8-15(13)27-14-7-3-1-5-12(14)11-16(27)18-17-19(23)25-21(28)26-20(17)29-10-9-24-18/h1-8,11,18,24H,9-10H2,(H3,23,25,26,28). The highest BCUT2D eigenvalue weighted by Crippen LogP contribution is 2.37. The summed E-state index contributed by atoms with van der Waals surface area (Å²) in [5.41, 5.74) is 8.16. The summed E-state index contributed by atoms with van der Waals surface area (Å²) in [6.07, 6.45) is 0. The number of aromatic amines is 1. The zero-order chi connectivity index (χ0) is 20.0. The van der Waals surface area contributed by atoms with Gasteiger partial charge in [-0.15, -0.1) is 0 Å². The Morgan fingerprint density at radius 3 is 2.83 bits per heavy atom. The predicted octanol–water partition coefficient (Wildman–Crippen LogP) is 2.51. The molecule has 4 N–H and O–H groups in total. The Morgan fingerprint density at radius 1 is 1.17 bits per heavy atom. The molecule has 146 valence electrons. The van der Waals surface area contributed by atoms with Crippen molar-refractivity contribution in [1.29, 1.82) is 0 Å². The summed E-state index contributed by atoms with van der Waals surface area (Å²) in [7, 11) is 0. The number of ether oxygens (including phenoxy) is 1. The molecule has 0 radical (unpaired) electrons. The van der Waals surface area contributed by atoms with E-state index in [2.05, 4.69) is 15.3 Å². The molecule has 0 aliphatic carbocycles. The molecular formula is C21H18FN5O2. The minimum Gasteiger partial charge on any atom is -0.476 e. The van der Waals surface area contributed by atoms with Crippen molar-refractivity contribution in [2.24, 2.45) is 0 Å². The highest BCUT2D eigenvalue weighted by atomic mass is 19.1. The molecule has 0 bridgehead atoms. The smallest absolute Gasteiger partial charge is 0.349 e. The van der Waals surface area contributed by atoms with Crippen LogP contribution in [0.15, 0.2) is 59.4 Å². The van der Waals surface area contributed by atoms with Crippen molar-refractivity contribution >= 4 is 16.7 Å². The van der Waals surface area contributed by atoms with Crippen LogP contribution < -0.4 is 21.5 Å². The van der Waals surface area contributed by atoms with Crippen LogP contribution >= 0.6 is 0 Å². The van der Waals surface area contributed by atoms with E-state index in [0.29, 0.717) is 24.4 Å². The maximum absolute atomic E-state index is 14.8. The van der Waals surface area contributed by atoms with E-state index in [9.17, 15) is 9.18 Å². The van der Waals surface area contributed by atoms with E-state index in [4.69, 9.17) is 10.5 Å². The van der Waals surface area contributed by atoms with E-state index in [0.717, 1.165) is 16.6 Å². The number of H-pyrrole nitrogens is 1. The summed E-state index contributed by atoms with van der Waals surface area (Å²) in [6, 6.07) is 15.9. The quantitative estimate of drug-likeness (QED) is 0.488.